The monoisotopic (exact) mass is 346 g/mol. The average Bonchev–Trinajstić information content (AvgIpc) is 2.30. The van der Waals surface area contributed by atoms with Gasteiger partial charge in [0.1, 0.15) is 0 Å². The number of aryl methyl sites for hydroxylation is 1. The van der Waals surface area contributed by atoms with Crippen LogP contribution in [-0.4, -0.2) is 15.0 Å². The third kappa shape index (κ3) is 3.31. The summed E-state index contributed by atoms with van der Waals surface area (Å²) in [5, 5.41) is 3.21. The number of hydrogen-bond acceptors (Lipinski definition) is 4. The molecule has 7 heteroatoms. The number of hydrogen-bond donors (Lipinski definition) is 1. The lowest BCUT2D eigenvalue weighted by Crippen LogP contribution is -2.01. The van der Waals surface area contributed by atoms with Gasteiger partial charge in [0, 0.05) is 10.2 Å². The number of halogens is 3. The van der Waals surface area contributed by atoms with Crippen LogP contribution >= 0.6 is 39.1 Å². The van der Waals surface area contributed by atoms with Crippen LogP contribution in [0.15, 0.2) is 22.7 Å². The molecule has 0 aliphatic rings. The van der Waals surface area contributed by atoms with Gasteiger partial charge in [-0.05, 0) is 53.4 Å². The van der Waals surface area contributed by atoms with Crippen molar-refractivity contribution in [1.29, 1.82) is 0 Å². The van der Waals surface area contributed by atoms with E-state index in [1.807, 2.05) is 18.2 Å². The van der Waals surface area contributed by atoms with Crippen molar-refractivity contribution in [2.24, 2.45) is 0 Å². The molecular formula is C11H9BrCl2N4. The summed E-state index contributed by atoms with van der Waals surface area (Å²) >= 11 is 14.9. The molecule has 0 spiro atoms. The Morgan fingerprint density at radius 3 is 2.44 bits per heavy atom. The Balaban J connectivity index is 2.33. The van der Waals surface area contributed by atoms with E-state index in [1.165, 1.54) is 0 Å². The molecule has 18 heavy (non-hydrogen) atoms. The molecule has 94 valence electrons. The average molecular weight is 348 g/mol. The third-order valence-electron chi connectivity index (χ3n) is 2.28. The molecule has 0 aliphatic heterocycles. The van der Waals surface area contributed by atoms with Gasteiger partial charge in [-0.3, -0.25) is 0 Å². The van der Waals surface area contributed by atoms with Crippen LogP contribution in [0.4, 0.5) is 11.6 Å². The zero-order valence-corrected chi connectivity index (χ0v) is 12.5. The Bertz CT molecular complexity index is 557. The van der Waals surface area contributed by atoms with Crippen molar-refractivity contribution in [3.05, 3.63) is 38.8 Å². The van der Waals surface area contributed by atoms with E-state index in [0.29, 0.717) is 5.95 Å². The zero-order chi connectivity index (χ0) is 13.1. The molecule has 2 rings (SSSR count). The first-order valence-electron chi connectivity index (χ1n) is 5.21. The van der Waals surface area contributed by atoms with Crippen molar-refractivity contribution in [1.82, 2.24) is 15.0 Å². The fraction of sp³-hybridized carbons (Fsp3) is 0.182. The number of benzene rings is 1. The number of nitrogens with one attached hydrogen (secondary N) is 1. The summed E-state index contributed by atoms with van der Waals surface area (Å²) in [5.74, 6) is 0.331. The molecule has 4 nitrogen and oxygen atoms in total. The Morgan fingerprint density at radius 1 is 1.17 bits per heavy atom. The van der Waals surface area contributed by atoms with Crippen LogP contribution in [0.2, 0.25) is 10.6 Å². The van der Waals surface area contributed by atoms with Crippen molar-refractivity contribution in [3.63, 3.8) is 0 Å². The minimum absolute atomic E-state index is 0.0626. The van der Waals surface area contributed by atoms with Gasteiger partial charge in [-0.1, -0.05) is 22.9 Å². The molecule has 0 aliphatic carbocycles. The lowest BCUT2D eigenvalue weighted by Gasteiger charge is -2.10. The van der Waals surface area contributed by atoms with Crippen LogP contribution in [0.3, 0.4) is 0 Å². The summed E-state index contributed by atoms with van der Waals surface area (Å²) in [6.45, 7) is 2.07. The van der Waals surface area contributed by atoms with E-state index in [1.54, 1.807) is 0 Å². The van der Waals surface area contributed by atoms with Crippen molar-refractivity contribution >= 4 is 50.8 Å². The number of anilines is 2. The largest absolute Gasteiger partial charge is 0.324 e. The number of nitrogens with zero attached hydrogens (tertiary/aromatic N) is 3. The zero-order valence-electron chi connectivity index (χ0n) is 9.41. The van der Waals surface area contributed by atoms with E-state index in [0.717, 1.165) is 22.1 Å². The Morgan fingerprint density at radius 2 is 1.83 bits per heavy atom. The smallest absolute Gasteiger partial charge is 0.232 e. The molecule has 0 unspecified atom stereocenters. The predicted molar refractivity (Wildman–Crippen MR) is 76.6 cm³/mol. The molecule has 0 atom stereocenters. The van der Waals surface area contributed by atoms with E-state index in [4.69, 9.17) is 23.2 Å². The summed E-state index contributed by atoms with van der Waals surface area (Å²) in [4.78, 5) is 11.6. The maximum Gasteiger partial charge on any atom is 0.232 e. The van der Waals surface area contributed by atoms with Crippen LogP contribution in [0.25, 0.3) is 0 Å². The van der Waals surface area contributed by atoms with Crippen molar-refractivity contribution < 1.29 is 0 Å². The first-order valence-corrected chi connectivity index (χ1v) is 6.76. The Hall–Kier alpha value is -0.910. The lowest BCUT2D eigenvalue weighted by molar-refractivity contribution is 1.05. The summed E-state index contributed by atoms with van der Waals surface area (Å²) in [5.41, 5.74) is 2.05. The SMILES string of the molecule is CCc1cc(Br)ccc1Nc1nc(Cl)nc(Cl)n1. The fourth-order valence-electron chi connectivity index (χ4n) is 1.48. The van der Waals surface area contributed by atoms with Crippen LogP contribution in [0.5, 0.6) is 0 Å². The van der Waals surface area contributed by atoms with Crippen LogP contribution < -0.4 is 5.32 Å². The topological polar surface area (TPSA) is 50.7 Å². The van der Waals surface area contributed by atoms with E-state index in [9.17, 15) is 0 Å². The van der Waals surface area contributed by atoms with Crippen LogP contribution in [0.1, 0.15) is 12.5 Å². The Kier molecular flexibility index (Phi) is 4.37. The van der Waals surface area contributed by atoms with Gasteiger partial charge in [-0.15, -0.1) is 0 Å². The quantitative estimate of drug-likeness (QED) is 0.901. The lowest BCUT2D eigenvalue weighted by atomic mass is 10.1. The van der Waals surface area contributed by atoms with Gasteiger partial charge in [0.2, 0.25) is 16.5 Å². The van der Waals surface area contributed by atoms with Gasteiger partial charge >= 0.3 is 0 Å². The maximum absolute atomic E-state index is 5.72. The number of rotatable bonds is 3. The van der Waals surface area contributed by atoms with E-state index in [2.05, 4.69) is 43.1 Å². The normalized spacial score (nSPS) is 10.4. The molecule has 0 amide bonds. The van der Waals surface area contributed by atoms with Gasteiger partial charge in [0.15, 0.2) is 0 Å². The predicted octanol–water partition coefficient (Wildman–Crippen LogP) is 4.25. The second kappa shape index (κ2) is 5.82. The second-order valence-corrected chi connectivity index (χ2v) is 5.07. The standard InChI is InChI=1S/C11H9BrCl2N4/c1-2-6-5-7(12)3-4-8(6)15-11-17-9(13)16-10(14)18-11/h3-5H,2H2,1H3,(H,15,16,17,18). The van der Waals surface area contributed by atoms with Crippen molar-refractivity contribution in [2.75, 3.05) is 5.32 Å². The van der Waals surface area contributed by atoms with Crippen molar-refractivity contribution in [3.8, 4) is 0 Å². The summed E-state index contributed by atoms with van der Waals surface area (Å²) in [6.07, 6.45) is 0.883. The van der Waals surface area contributed by atoms with Gasteiger partial charge in [-0.25, -0.2) is 0 Å². The molecule has 0 fully saturated rings. The highest BCUT2D eigenvalue weighted by atomic mass is 79.9. The van der Waals surface area contributed by atoms with Gasteiger partial charge < -0.3 is 5.32 Å². The number of aromatic nitrogens is 3. The Labute approximate surface area is 123 Å². The molecule has 1 aromatic carbocycles. The molecule has 0 saturated carbocycles. The molecule has 0 bridgehead atoms. The summed E-state index contributed by atoms with van der Waals surface area (Å²) in [7, 11) is 0. The fourth-order valence-corrected chi connectivity index (χ4v) is 2.25. The second-order valence-electron chi connectivity index (χ2n) is 3.48. The van der Waals surface area contributed by atoms with Crippen LogP contribution in [-0.2, 0) is 6.42 Å². The minimum atomic E-state index is 0.0626. The minimum Gasteiger partial charge on any atom is -0.324 e. The molecule has 0 radical (unpaired) electrons. The third-order valence-corrected chi connectivity index (χ3v) is 3.11. The first-order chi connectivity index (χ1) is 8.58. The molecule has 2 aromatic rings. The molecule has 1 N–H and O–H groups in total. The first kappa shape index (κ1) is 13.5. The van der Waals surface area contributed by atoms with Gasteiger partial charge in [0.25, 0.3) is 0 Å². The maximum atomic E-state index is 5.72. The van der Waals surface area contributed by atoms with Gasteiger partial charge in [0.05, 0.1) is 0 Å². The van der Waals surface area contributed by atoms with E-state index in [-0.39, 0.29) is 10.6 Å². The summed E-state index contributed by atoms with van der Waals surface area (Å²) in [6, 6.07) is 5.91. The molecule has 1 heterocycles. The van der Waals surface area contributed by atoms with Gasteiger partial charge in [-0.2, -0.15) is 15.0 Å². The molecule has 1 aromatic heterocycles. The van der Waals surface area contributed by atoms with Crippen molar-refractivity contribution in [2.45, 2.75) is 13.3 Å². The highest BCUT2D eigenvalue weighted by Gasteiger charge is 2.06. The highest BCUT2D eigenvalue weighted by Crippen LogP contribution is 2.24. The van der Waals surface area contributed by atoms with E-state index >= 15 is 0 Å². The highest BCUT2D eigenvalue weighted by molar-refractivity contribution is 9.10. The van der Waals surface area contributed by atoms with Crippen LogP contribution in [0, 0.1) is 0 Å². The molecular weight excluding hydrogens is 339 g/mol. The summed E-state index contributed by atoms with van der Waals surface area (Å²) < 4.78 is 1.02. The molecule has 0 saturated heterocycles. The van der Waals surface area contributed by atoms with E-state index < -0.39 is 0 Å².